The number of hydrogen-bond donors (Lipinski definition) is 3. The van der Waals surface area contributed by atoms with E-state index in [1.54, 1.807) is 35.2 Å². The molecule has 2 aromatic rings. The maximum Gasteiger partial charge on any atom is 0.241 e. The van der Waals surface area contributed by atoms with E-state index in [1.165, 1.54) is 12.1 Å². The number of amides is 1. The zero-order valence-corrected chi connectivity index (χ0v) is 17.9. The van der Waals surface area contributed by atoms with Crippen molar-refractivity contribution >= 4 is 21.8 Å². The first-order valence-corrected chi connectivity index (χ1v) is 11.6. The molecule has 1 saturated heterocycles. The topological polar surface area (TPSA) is 116 Å². The Balaban J connectivity index is 1.88. The Morgan fingerprint density at radius 1 is 1.13 bits per heavy atom. The number of likely N-dealkylation sites (tertiary alicyclic amines) is 1. The quantitative estimate of drug-likeness (QED) is 0.463. The zero-order valence-electron chi connectivity index (χ0n) is 17.1. The van der Waals surface area contributed by atoms with Crippen molar-refractivity contribution in [3.63, 3.8) is 0 Å². The molecule has 1 aliphatic rings. The molecule has 160 valence electrons. The van der Waals surface area contributed by atoms with Crippen molar-refractivity contribution in [2.75, 3.05) is 13.1 Å². The number of nitrogens with two attached hydrogens (primary N) is 1. The van der Waals surface area contributed by atoms with Gasteiger partial charge in [-0.1, -0.05) is 35.9 Å². The van der Waals surface area contributed by atoms with Crippen molar-refractivity contribution in [3.05, 3.63) is 65.2 Å². The fraction of sp³-hybridized carbons (Fsp3) is 0.364. The smallest absolute Gasteiger partial charge is 0.241 e. The molecule has 1 aliphatic heterocycles. The molecule has 2 aromatic carbocycles. The first-order valence-electron chi connectivity index (χ1n) is 10.1. The van der Waals surface area contributed by atoms with Crippen molar-refractivity contribution in [2.24, 2.45) is 5.73 Å². The second-order valence-corrected chi connectivity index (χ2v) is 9.41. The molecule has 1 unspecified atom stereocenters. The highest BCUT2D eigenvalue weighted by Gasteiger charge is 2.30. The summed E-state index contributed by atoms with van der Waals surface area (Å²) in [6.07, 6.45) is 3.09. The lowest BCUT2D eigenvalue weighted by Gasteiger charge is -2.30. The summed E-state index contributed by atoms with van der Waals surface area (Å²) in [5, 5.41) is 7.62. The fourth-order valence-electron chi connectivity index (χ4n) is 3.59. The summed E-state index contributed by atoms with van der Waals surface area (Å²) in [5.41, 5.74) is 7.81. The summed E-state index contributed by atoms with van der Waals surface area (Å²) in [6, 6.07) is 12.6. The number of benzene rings is 2. The first-order chi connectivity index (χ1) is 14.3. The molecule has 0 bridgehead atoms. The Bertz CT molecular complexity index is 1010. The van der Waals surface area contributed by atoms with Crippen molar-refractivity contribution in [1.29, 1.82) is 5.41 Å². The van der Waals surface area contributed by atoms with Gasteiger partial charge in [0, 0.05) is 18.7 Å². The summed E-state index contributed by atoms with van der Waals surface area (Å²) in [4.78, 5) is 15.1. The number of carbonyl (C=O) groups excluding carboxylic acids is 1. The minimum atomic E-state index is -3.87. The second-order valence-electron chi connectivity index (χ2n) is 7.69. The molecular formula is C22H28N4O3S. The van der Waals surface area contributed by atoms with Crippen LogP contribution in [0, 0.1) is 12.3 Å². The van der Waals surface area contributed by atoms with Crippen molar-refractivity contribution in [3.8, 4) is 0 Å². The average Bonchev–Trinajstić information content (AvgIpc) is 2.73. The van der Waals surface area contributed by atoms with Gasteiger partial charge in [-0.05, 0) is 56.4 Å². The van der Waals surface area contributed by atoms with Crippen LogP contribution >= 0.6 is 0 Å². The normalized spacial score (nSPS) is 15.6. The molecule has 0 aromatic heterocycles. The van der Waals surface area contributed by atoms with Crippen LogP contribution in [0.3, 0.4) is 0 Å². The van der Waals surface area contributed by atoms with E-state index < -0.39 is 16.1 Å². The standard InChI is InChI=1S/C22H28N4O3S/c1-16-8-10-19(11-9-16)30(28,29)25-20(22(27)26-12-3-2-4-13-26)15-17-6-5-7-18(14-17)21(23)24/h5-11,14,20,25H,2-4,12-13,15H2,1H3,(H3,23,24). The fourth-order valence-corrected chi connectivity index (χ4v) is 4.78. The molecule has 1 amide bonds. The van der Waals surface area contributed by atoms with Gasteiger partial charge >= 0.3 is 0 Å². The number of piperidine rings is 1. The Hall–Kier alpha value is -2.71. The minimum absolute atomic E-state index is 0.0732. The van der Waals surface area contributed by atoms with Crippen molar-refractivity contribution in [1.82, 2.24) is 9.62 Å². The highest BCUT2D eigenvalue weighted by Crippen LogP contribution is 2.17. The number of rotatable bonds is 7. The molecular weight excluding hydrogens is 400 g/mol. The van der Waals surface area contributed by atoms with Crippen LogP contribution in [-0.4, -0.2) is 44.2 Å². The van der Waals surface area contributed by atoms with E-state index in [1.807, 2.05) is 13.0 Å². The SMILES string of the molecule is Cc1ccc(S(=O)(=O)NC(Cc2cccc(C(=N)N)c2)C(=O)N2CCCCC2)cc1. The number of aryl methyl sites for hydroxylation is 1. The second kappa shape index (κ2) is 9.40. The number of carbonyl (C=O) groups is 1. The van der Waals surface area contributed by atoms with Gasteiger partial charge in [-0.3, -0.25) is 10.2 Å². The number of sulfonamides is 1. The molecule has 1 atom stereocenters. The monoisotopic (exact) mass is 428 g/mol. The zero-order chi connectivity index (χ0) is 21.7. The number of hydrogen-bond acceptors (Lipinski definition) is 4. The van der Waals surface area contributed by atoms with Crippen LogP contribution in [0.2, 0.25) is 0 Å². The molecule has 1 heterocycles. The molecule has 1 fully saturated rings. The van der Waals surface area contributed by atoms with Gasteiger partial charge in [-0.15, -0.1) is 0 Å². The lowest BCUT2D eigenvalue weighted by Crippen LogP contribution is -2.50. The summed E-state index contributed by atoms with van der Waals surface area (Å²) in [5.74, 6) is -0.297. The summed E-state index contributed by atoms with van der Waals surface area (Å²) >= 11 is 0. The van der Waals surface area contributed by atoms with Crippen LogP contribution in [0.1, 0.15) is 36.0 Å². The van der Waals surface area contributed by atoms with E-state index in [0.717, 1.165) is 30.4 Å². The lowest BCUT2D eigenvalue weighted by atomic mass is 10.0. The van der Waals surface area contributed by atoms with Crippen molar-refractivity contribution < 1.29 is 13.2 Å². The Labute approximate surface area is 177 Å². The van der Waals surface area contributed by atoms with Gasteiger partial charge in [-0.25, -0.2) is 8.42 Å². The molecule has 4 N–H and O–H groups in total. The van der Waals surface area contributed by atoms with Crippen LogP contribution in [0.25, 0.3) is 0 Å². The van der Waals surface area contributed by atoms with Gasteiger partial charge in [-0.2, -0.15) is 4.72 Å². The van der Waals surface area contributed by atoms with E-state index in [4.69, 9.17) is 11.1 Å². The minimum Gasteiger partial charge on any atom is -0.384 e. The maximum atomic E-state index is 13.2. The van der Waals surface area contributed by atoms with Crippen LogP contribution in [0.15, 0.2) is 53.4 Å². The van der Waals surface area contributed by atoms with E-state index in [-0.39, 0.29) is 23.1 Å². The highest BCUT2D eigenvalue weighted by molar-refractivity contribution is 7.89. The summed E-state index contributed by atoms with van der Waals surface area (Å²) < 4.78 is 28.6. The molecule has 0 radical (unpaired) electrons. The molecule has 7 nitrogen and oxygen atoms in total. The predicted octanol–water partition coefficient (Wildman–Crippen LogP) is 2.18. The van der Waals surface area contributed by atoms with Gasteiger partial charge in [0.25, 0.3) is 0 Å². The van der Waals surface area contributed by atoms with Crippen LogP contribution < -0.4 is 10.5 Å². The third kappa shape index (κ3) is 5.46. The van der Waals surface area contributed by atoms with Crippen LogP contribution in [0.4, 0.5) is 0 Å². The third-order valence-corrected chi connectivity index (χ3v) is 6.76. The Kier molecular flexibility index (Phi) is 6.89. The molecule has 8 heteroatoms. The summed E-state index contributed by atoms with van der Waals surface area (Å²) in [6.45, 7) is 3.15. The molecule has 0 saturated carbocycles. The molecule has 3 rings (SSSR count). The van der Waals surface area contributed by atoms with E-state index in [0.29, 0.717) is 18.7 Å². The number of amidine groups is 1. The Morgan fingerprint density at radius 2 is 1.80 bits per heavy atom. The van der Waals surface area contributed by atoms with Gasteiger partial charge in [0.1, 0.15) is 11.9 Å². The van der Waals surface area contributed by atoms with Gasteiger partial charge in [0.05, 0.1) is 4.90 Å². The Morgan fingerprint density at radius 3 is 2.43 bits per heavy atom. The van der Waals surface area contributed by atoms with Gasteiger partial charge in [0.15, 0.2) is 0 Å². The van der Waals surface area contributed by atoms with Gasteiger partial charge < -0.3 is 10.6 Å². The number of nitrogens with zero attached hydrogens (tertiary/aromatic N) is 1. The lowest BCUT2D eigenvalue weighted by molar-refractivity contribution is -0.133. The number of nitrogen functional groups attached to an aromatic ring is 1. The largest absolute Gasteiger partial charge is 0.384 e. The molecule has 0 spiro atoms. The summed E-state index contributed by atoms with van der Waals surface area (Å²) in [7, 11) is -3.87. The van der Waals surface area contributed by atoms with Gasteiger partial charge in [0.2, 0.25) is 15.9 Å². The third-order valence-electron chi connectivity index (χ3n) is 5.27. The van der Waals surface area contributed by atoms with Crippen molar-refractivity contribution in [2.45, 2.75) is 43.5 Å². The number of nitrogens with one attached hydrogen (secondary N) is 2. The molecule has 30 heavy (non-hydrogen) atoms. The predicted molar refractivity (Wildman–Crippen MR) is 117 cm³/mol. The first kappa shape index (κ1) is 22.0. The van der Waals surface area contributed by atoms with Crippen LogP contribution in [-0.2, 0) is 21.2 Å². The molecule has 0 aliphatic carbocycles. The van der Waals surface area contributed by atoms with E-state index in [2.05, 4.69) is 4.72 Å². The van der Waals surface area contributed by atoms with E-state index >= 15 is 0 Å². The maximum absolute atomic E-state index is 13.2. The van der Waals surface area contributed by atoms with E-state index in [9.17, 15) is 13.2 Å². The highest BCUT2D eigenvalue weighted by atomic mass is 32.2. The average molecular weight is 429 g/mol. The van der Waals surface area contributed by atoms with Crippen LogP contribution in [0.5, 0.6) is 0 Å².